The van der Waals surface area contributed by atoms with Crippen LogP contribution in [-0.4, -0.2) is 16.0 Å². The molecule has 0 aliphatic heterocycles. The predicted molar refractivity (Wildman–Crippen MR) is 71.7 cm³/mol. The van der Waals surface area contributed by atoms with Gasteiger partial charge in [-0.2, -0.15) is 13.2 Å². The van der Waals surface area contributed by atoms with Crippen molar-refractivity contribution in [2.45, 2.75) is 38.6 Å². The zero-order valence-electron chi connectivity index (χ0n) is 11.0. The van der Waals surface area contributed by atoms with Crippen molar-refractivity contribution in [3.8, 4) is 0 Å². The van der Waals surface area contributed by atoms with Gasteiger partial charge in [-0.25, -0.2) is 0 Å². The monoisotopic (exact) mass is 291 g/mol. The highest BCUT2D eigenvalue weighted by Gasteiger charge is 2.32. The molecule has 0 fully saturated rings. The zero-order valence-corrected chi connectivity index (χ0v) is 11.8. The number of nitrogens with zero attached hydrogens (tertiary/aromatic N) is 1. The first kappa shape index (κ1) is 16.0. The van der Waals surface area contributed by atoms with Crippen LogP contribution >= 0.6 is 0 Å². The van der Waals surface area contributed by atoms with Crippen molar-refractivity contribution in [3.05, 3.63) is 34.9 Å². The molecule has 1 rings (SSSR count). The lowest BCUT2D eigenvalue weighted by molar-refractivity contribution is -0.138. The van der Waals surface area contributed by atoms with E-state index in [4.69, 9.17) is 0 Å². The molecule has 0 aliphatic carbocycles. The molecule has 0 aromatic heterocycles. The topological polar surface area (TPSA) is 35.4 Å². The summed E-state index contributed by atoms with van der Waals surface area (Å²) in [6, 6.07) is 4.05. The summed E-state index contributed by atoms with van der Waals surface area (Å²) in [7, 11) is 0. The Morgan fingerprint density at radius 1 is 1.37 bits per heavy atom. The van der Waals surface area contributed by atoms with Crippen molar-refractivity contribution in [1.29, 1.82) is 0 Å². The van der Waals surface area contributed by atoms with Gasteiger partial charge in [-0.3, -0.25) is 0 Å². The maximum Gasteiger partial charge on any atom is 0.416 e. The third-order valence-electron chi connectivity index (χ3n) is 2.64. The van der Waals surface area contributed by atoms with Crippen LogP contribution in [0.25, 0.3) is 0 Å². The second-order valence-electron chi connectivity index (χ2n) is 4.40. The van der Waals surface area contributed by atoms with Crippen LogP contribution in [0.3, 0.4) is 0 Å². The second kappa shape index (κ2) is 6.43. The summed E-state index contributed by atoms with van der Waals surface area (Å²) in [6.45, 7) is 4.97. The van der Waals surface area contributed by atoms with Gasteiger partial charge in [0.05, 0.1) is 23.1 Å². The fourth-order valence-electron chi connectivity index (χ4n) is 1.54. The molecule has 6 heteroatoms. The molecule has 0 heterocycles. The molecule has 0 saturated heterocycles. The van der Waals surface area contributed by atoms with Gasteiger partial charge in [0, 0.05) is 6.42 Å². The molecule has 0 saturated carbocycles. The quantitative estimate of drug-likeness (QED) is 0.615. The van der Waals surface area contributed by atoms with E-state index in [1.54, 1.807) is 19.9 Å². The Bertz CT molecular complexity index is 458. The van der Waals surface area contributed by atoms with Crippen LogP contribution in [0, 0.1) is 6.92 Å². The first-order chi connectivity index (χ1) is 8.73. The smallest absolute Gasteiger partial charge is 0.416 e. The Morgan fingerprint density at radius 2 is 2.00 bits per heavy atom. The molecule has 19 heavy (non-hydrogen) atoms. The van der Waals surface area contributed by atoms with Crippen molar-refractivity contribution in [1.82, 2.24) is 0 Å². The van der Waals surface area contributed by atoms with Crippen LogP contribution in [0.4, 0.5) is 13.2 Å². The standard InChI is InChI=1S/C13H16F3NOS/c1-9(2)19(18)17-8-7-11-5-4-6-12(10(11)3)13(14,15)16/h4-6,8-9H,7H2,1-3H3. The van der Waals surface area contributed by atoms with E-state index in [1.807, 2.05) is 0 Å². The van der Waals surface area contributed by atoms with Gasteiger partial charge < -0.3 is 4.55 Å². The summed E-state index contributed by atoms with van der Waals surface area (Å²) in [5.41, 5.74) is 0.0968. The minimum Gasteiger partial charge on any atom is -0.591 e. The highest BCUT2D eigenvalue weighted by atomic mass is 32.2. The third kappa shape index (κ3) is 4.54. The van der Waals surface area contributed by atoms with Crippen LogP contribution in [0.5, 0.6) is 0 Å². The van der Waals surface area contributed by atoms with Gasteiger partial charge in [-0.1, -0.05) is 16.5 Å². The maximum absolute atomic E-state index is 12.7. The van der Waals surface area contributed by atoms with E-state index in [1.165, 1.54) is 19.2 Å². The normalized spacial score (nSPS) is 14.3. The molecule has 0 amide bonds. The molecule has 1 unspecified atom stereocenters. The highest BCUT2D eigenvalue weighted by molar-refractivity contribution is 7.90. The van der Waals surface area contributed by atoms with Gasteiger partial charge >= 0.3 is 6.18 Å². The van der Waals surface area contributed by atoms with Gasteiger partial charge in [-0.05, 0) is 38.0 Å². The lowest BCUT2D eigenvalue weighted by Gasteiger charge is -2.12. The Hall–Kier alpha value is -1.01. The zero-order chi connectivity index (χ0) is 14.6. The maximum atomic E-state index is 12.7. The largest absolute Gasteiger partial charge is 0.591 e. The number of halogens is 3. The third-order valence-corrected chi connectivity index (χ3v) is 3.81. The van der Waals surface area contributed by atoms with Gasteiger partial charge in [0.15, 0.2) is 0 Å². The Labute approximate surface area is 114 Å². The molecule has 0 radical (unpaired) electrons. The average Bonchev–Trinajstić information content (AvgIpc) is 2.29. The molecule has 0 spiro atoms. The summed E-state index contributed by atoms with van der Waals surface area (Å²) in [4.78, 5) is 0. The molecule has 1 aromatic rings. The predicted octanol–water partition coefficient (Wildman–Crippen LogP) is 3.70. The molecular formula is C13H16F3NOS. The van der Waals surface area contributed by atoms with Crippen molar-refractivity contribution >= 4 is 17.6 Å². The van der Waals surface area contributed by atoms with Crippen LogP contribution in [-0.2, 0) is 24.0 Å². The number of rotatable bonds is 4. The van der Waals surface area contributed by atoms with E-state index in [9.17, 15) is 17.7 Å². The fraction of sp³-hybridized carbons (Fsp3) is 0.462. The van der Waals surface area contributed by atoms with Gasteiger partial charge in [0.2, 0.25) is 0 Å². The van der Waals surface area contributed by atoms with Crippen LogP contribution < -0.4 is 0 Å². The molecule has 0 N–H and O–H groups in total. The minimum absolute atomic E-state index is 0.0983. The Morgan fingerprint density at radius 3 is 2.53 bits per heavy atom. The first-order valence-electron chi connectivity index (χ1n) is 5.82. The van der Waals surface area contributed by atoms with Crippen LogP contribution in [0.1, 0.15) is 30.5 Å². The number of hydrogen-bond acceptors (Lipinski definition) is 2. The molecule has 0 aliphatic rings. The van der Waals surface area contributed by atoms with Crippen LogP contribution in [0.2, 0.25) is 0 Å². The number of benzene rings is 1. The van der Waals surface area contributed by atoms with E-state index in [-0.39, 0.29) is 17.2 Å². The van der Waals surface area contributed by atoms with Gasteiger partial charge in [0.1, 0.15) is 5.25 Å². The highest BCUT2D eigenvalue weighted by Crippen LogP contribution is 2.32. The summed E-state index contributed by atoms with van der Waals surface area (Å²) >= 11 is -1.33. The summed E-state index contributed by atoms with van der Waals surface area (Å²) in [5.74, 6) is 0. The first-order valence-corrected chi connectivity index (χ1v) is 6.99. The van der Waals surface area contributed by atoms with Gasteiger partial charge in [-0.15, -0.1) is 0 Å². The van der Waals surface area contributed by atoms with Crippen molar-refractivity contribution < 1.29 is 17.7 Å². The SMILES string of the molecule is Cc1c(CC=N[S+]([O-])C(C)C)cccc1C(F)(F)F. The molecular weight excluding hydrogens is 275 g/mol. The number of hydrogen-bond donors (Lipinski definition) is 0. The van der Waals surface area contributed by atoms with E-state index in [2.05, 4.69) is 4.40 Å². The average molecular weight is 291 g/mol. The Kier molecular flexibility index (Phi) is 5.43. The van der Waals surface area contributed by atoms with E-state index in [0.29, 0.717) is 5.56 Å². The van der Waals surface area contributed by atoms with E-state index >= 15 is 0 Å². The molecule has 2 nitrogen and oxygen atoms in total. The van der Waals surface area contributed by atoms with Gasteiger partial charge in [0.25, 0.3) is 0 Å². The molecule has 1 atom stereocenters. The second-order valence-corrected chi connectivity index (χ2v) is 6.11. The summed E-state index contributed by atoms with van der Waals surface area (Å²) in [5, 5.41) is -0.0983. The summed E-state index contributed by atoms with van der Waals surface area (Å²) in [6.07, 6.45) is -2.69. The molecule has 0 bridgehead atoms. The van der Waals surface area contributed by atoms with E-state index in [0.717, 1.165) is 6.07 Å². The Balaban J connectivity index is 2.86. The summed E-state index contributed by atoms with van der Waals surface area (Å²) < 4.78 is 53.3. The molecule has 106 valence electrons. The van der Waals surface area contributed by atoms with Crippen LogP contribution in [0.15, 0.2) is 22.6 Å². The lowest BCUT2D eigenvalue weighted by atomic mass is 10.0. The van der Waals surface area contributed by atoms with Crippen molar-refractivity contribution in [3.63, 3.8) is 0 Å². The van der Waals surface area contributed by atoms with E-state index < -0.39 is 23.1 Å². The minimum atomic E-state index is -4.35. The lowest BCUT2D eigenvalue weighted by Crippen LogP contribution is -2.11. The molecule has 1 aromatic carbocycles. The van der Waals surface area contributed by atoms with Crippen molar-refractivity contribution in [2.75, 3.05) is 0 Å². The fourth-order valence-corrected chi connectivity index (χ4v) is 2.01. The number of alkyl halides is 3. The van der Waals surface area contributed by atoms with Crippen molar-refractivity contribution in [2.24, 2.45) is 4.40 Å².